The topological polar surface area (TPSA) is 72.2 Å². The van der Waals surface area contributed by atoms with Crippen LogP contribution in [0.2, 0.25) is 0 Å². The molecule has 0 aliphatic carbocycles. The van der Waals surface area contributed by atoms with Gasteiger partial charge in [-0.25, -0.2) is 8.42 Å². The number of hydrogen-bond donors (Lipinski definition) is 2. The highest BCUT2D eigenvalue weighted by atomic mass is 79.9. The van der Waals surface area contributed by atoms with E-state index in [1.54, 1.807) is 18.2 Å². The fraction of sp³-hybridized carbons (Fsp3) is 0.143. The molecule has 0 amide bonds. The average molecular weight is 302 g/mol. The average Bonchev–Trinajstić information content (AvgIpc) is 1.93. The number of anilines is 2. The van der Waals surface area contributed by atoms with Crippen LogP contribution in [-0.2, 0) is 10.0 Å². The maximum absolute atomic E-state index is 10.9. The van der Waals surface area contributed by atoms with Gasteiger partial charge in [0.1, 0.15) is 0 Å². The molecule has 0 aliphatic heterocycles. The third-order valence-electron chi connectivity index (χ3n) is 1.29. The molecule has 0 aromatic heterocycles. The summed E-state index contributed by atoms with van der Waals surface area (Å²) in [5.74, 6) is 0. The Bertz CT molecular complexity index is 422. The van der Waals surface area contributed by atoms with Crippen molar-refractivity contribution in [3.63, 3.8) is 0 Å². The molecule has 0 saturated carbocycles. The fourth-order valence-corrected chi connectivity index (χ4v) is 2.02. The largest absolute Gasteiger partial charge is 0.399 e. The Morgan fingerprint density at radius 1 is 1.43 bits per heavy atom. The number of hydrogen-bond acceptors (Lipinski definition) is 3. The lowest BCUT2D eigenvalue weighted by Gasteiger charge is -2.06. The van der Waals surface area contributed by atoms with Gasteiger partial charge >= 0.3 is 0 Å². The van der Waals surface area contributed by atoms with Crippen LogP contribution in [0.1, 0.15) is 0 Å². The van der Waals surface area contributed by atoms with Crippen LogP contribution < -0.4 is 10.5 Å². The molecule has 80 valence electrons. The number of nitrogen functional groups attached to an aromatic ring is 1. The molecule has 0 fully saturated rings. The van der Waals surface area contributed by atoms with E-state index in [1.165, 1.54) is 0 Å². The molecule has 0 saturated heterocycles. The number of nitrogens with two attached hydrogens (primary N) is 1. The Morgan fingerprint density at radius 2 is 2.00 bits per heavy atom. The Labute approximate surface area is 97.5 Å². The van der Waals surface area contributed by atoms with E-state index in [0.29, 0.717) is 15.8 Å². The number of rotatable bonds is 2. The molecule has 0 radical (unpaired) electrons. The summed E-state index contributed by atoms with van der Waals surface area (Å²) in [4.78, 5) is 0. The monoisotopic (exact) mass is 300 g/mol. The molecule has 0 unspecified atom stereocenters. The first-order chi connectivity index (χ1) is 5.88. The number of benzene rings is 1. The molecule has 1 aromatic carbocycles. The molecular weight excluding hydrogens is 292 g/mol. The van der Waals surface area contributed by atoms with Crippen molar-refractivity contribution in [3.8, 4) is 0 Å². The van der Waals surface area contributed by atoms with Gasteiger partial charge < -0.3 is 5.73 Å². The summed E-state index contributed by atoms with van der Waals surface area (Å²) in [6, 6.07) is 4.85. The van der Waals surface area contributed by atoms with Crippen LogP contribution >= 0.6 is 28.3 Å². The van der Waals surface area contributed by atoms with Crippen molar-refractivity contribution in [2.75, 3.05) is 16.7 Å². The van der Waals surface area contributed by atoms with Gasteiger partial charge in [-0.15, -0.1) is 12.4 Å². The smallest absolute Gasteiger partial charge is 0.229 e. The zero-order valence-electron chi connectivity index (χ0n) is 7.32. The predicted molar refractivity (Wildman–Crippen MR) is 64.3 cm³/mol. The summed E-state index contributed by atoms with van der Waals surface area (Å²) in [5.41, 5.74) is 6.54. The second kappa shape index (κ2) is 4.86. The number of sulfonamides is 1. The van der Waals surface area contributed by atoms with E-state index in [9.17, 15) is 8.42 Å². The van der Waals surface area contributed by atoms with Crippen LogP contribution in [0, 0.1) is 0 Å². The van der Waals surface area contributed by atoms with Crippen molar-refractivity contribution in [2.24, 2.45) is 0 Å². The van der Waals surface area contributed by atoms with Crippen LogP contribution in [0.5, 0.6) is 0 Å². The molecule has 14 heavy (non-hydrogen) atoms. The van der Waals surface area contributed by atoms with Gasteiger partial charge in [-0.05, 0) is 34.1 Å². The molecule has 7 heteroatoms. The van der Waals surface area contributed by atoms with Crippen LogP contribution in [0.25, 0.3) is 0 Å². The SMILES string of the molecule is CS(=O)(=O)Nc1ccc(N)cc1Br.Cl. The Morgan fingerprint density at radius 3 is 2.43 bits per heavy atom. The van der Waals surface area contributed by atoms with Gasteiger partial charge in [0.15, 0.2) is 0 Å². The first-order valence-electron chi connectivity index (χ1n) is 3.41. The highest BCUT2D eigenvalue weighted by Gasteiger charge is 2.05. The maximum atomic E-state index is 10.9. The number of nitrogens with one attached hydrogen (secondary N) is 1. The van der Waals surface area contributed by atoms with Gasteiger partial charge in [0.05, 0.1) is 11.9 Å². The third kappa shape index (κ3) is 4.17. The van der Waals surface area contributed by atoms with Gasteiger partial charge in [0, 0.05) is 10.2 Å². The van der Waals surface area contributed by atoms with E-state index < -0.39 is 10.0 Å². The molecule has 1 rings (SSSR count). The van der Waals surface area contributed by atoms with Crippen LogP contribution in [-0.4, -0.2) is 14.7 Å². The van der Waals surface area contributed by atoms with Gasteiger partial charge in [0.25, 0.3) is 0 Å². The lowest BCUT2D eigenvalue weighted by Crippen LogP contribution is -2.09. The highest BCUT2D eigenvalue weighted by Crippen LogP contribution is 2.25. The van der Waals surface area contributed by atoms with Crippen molar-refractivity contribution in [2.45, 2.75) is 0 Å². The zero-order chi connectivity index (χ0) is 10.1. The van der Waals surface area contributed by atoms with Crippen LogP contribution in [0.4, 0.5) is 11.4 Å². The van der Waals surface area contributed by atoms with Crippen molar-refractivity contribution >= 4 is 49.7 Å². The van der Waals surface area contributed by atoms with Gasteiger partial charge in [-0.3, -0.25) is 4.72 Å². The predicted octanol–water partition coefficient (Wildman–Crippen LogP) is 1.82. The minimum absolute atomic E-state index is 0. The fourth-order valence-electron chi connectivity index (χ4n) is 0.814. The van der Waals surface area contributed by atoms with Gasteiger partial charge in [-0.2, -0.15) is 0 Å². The van der Waals surface area contributed by atoms with E-state index in [0.717, 1.165) is 6.26 Å². The van der Waals surface area contributed by atoms with Crippen molar-refractivity contribution in [1.29, 1.82) is 0 Å². The normalized spacial score (nSPS) is 10.4. The molecule has 0 atom stereocenters. The van der Waals surface area contributed by atoms with Crippen LogP contribution in [0.3, 0.4) is 0 Å². The summed E-state index contributed by atoms with van der Waals surface area (Å²) >= 11 is 3.19. The van der Waals surface area contributed by atoms with E-state index in [2.05, 4.69) is 20.7 Å². The molecule has 4 nitrogen and oxygen atoms in total. The Kier molecular flexibility index (Phi) is 4.70. The quantitative estimate of drug-likeness (QED) is 0.819. The zero-order valence-corrected chi connectivity index (χ0v) is 10.5. The second-order valence-corrected chi connectivity index (χ2v) is 5.22. The molecule has 0 heterocycles. The Balaban J connectivity index is 0.00000169. The lowest BCUT2D eigenvalue weighted by atomic mass is 10.3. The van der Waals surface area contributed by atoms with E-state index in [-0.39, 0.29) is 12.4 Å². The lowest BCUT2D eigenvalue weighted by molar-refractivity contribution is 0.607. The standard InChI is InChI=1S/C7H9BrN2O2S.ClH/c1-13(11,12)10-7-3-2-5(9)4-6(7)8;/h2-4,10H,9H2,1H3;1H. The first-order valence-corrected chi connectivity index (χ1v) is 6.10. The molecule has 0 aliphatic rings. The molecular formula is C7H10BrClN2O2S. The van der Waals surface area contributed by atoms with Crippen LogP contribution in [0.15, 0.2) is 22.7 Å². The molecule has 0 bridgehead atoms. The minimum Gasteiger partial charge on any atom is -0.399 e. The van der Waals surface area contributed by atoms with Crippen molar-refractivity contribution < 1.29 is 8.42 Å². The second-order valence-electron chi connectivity index (χ2n) is 2.61. The first kappa shape index (κ1) is 13.5. The van der Waals surface area contributed by atoms with E-state index in [4.69, 9.17) is 5.73 Å². The van der Waals surface area contributed by atoms with Crippen molar-refractivity contribution in [3.05, 3.63) is 22.7 Å². The summed E-state index contributed by atoms with van der Waals surface area (Å²) in [6.07, 6.45) is 1.09. The highest BCUT2D eigenvalue weighted by molar-refractivity contribution is 9.10. The van der Waals surface area contributed by atoms with Crippen molar-refractivity contribution in [1.82, 2.24) is 0 Å². The van der Waals surface area contributed by atoms with Gasteiger partial charge in [0.2, 0.25) is 10.0 Å². The number of halogens is 2. The summed E-state index contributed by atoms with van der Waals surface area (Å²) in [6.45, 7) is 0. The molecule has 0 spiro atoms. The molecule has 1 aromatic rings. The third-order valence-corrected chi connectivity index (χ3v) is 2.54. The summed E-state index contributed by atoms with van der Waals surface area (Å²) < 4.78 is 24.7. The minimum atomic E-state index is -3.23. The maximum Gasteiger partial charge on any atom is 0.229 e. The van der Waals surface area contributed by atoms with Gasteiger partial charge in [-0.1, -0.05) is 0 Å². The Hall–Kier alpha value is -0.460. The summed E-state index contributed by atoms with van der Waals surface area (Å²) in [7, 11) is -3.23. The van der Waals surface area contributed by atoms with E-state index in [1.807, 2.05) is 0 Å². The molecule has 3 N–H and O–H groups in total. The van der Waals surface area contributed by atoms with E-state index >= 15 is 0 Å². The summed E-state index contributed by atoms with van der Waals surface area (Å²) in [5, 5.41) is 0.